The normalized spacial score (nSPS) is 10.2. The highest BCUT2D eigenvalue weighted by atomic mass is 79.9. The summed E-state index contributed by atoms with van der Waals surface area (Å²) in [7, 11) is 3.00. The minimum absolute atomic E-state index is 0.0582. The molecule has 0 amide bonds. The molecule has 132 valence electrons. The Morgan fingerprint density at radius 2 is 1.76 bits per heavy atom. The number of hydrogen-bond donors (Lipinski definition) is 0. The number of carbonyl (C=O) groups excluding carboxylic acids is 2. The summed E-state index contributed by atoms with van der Waals surface area (Å²) in [6.07, 6.45) is -0.0582. The molecule has 7 heteroatoms. The topological polar surface area (TPSA) is 61.8 Å². The predicted octanol–water partition coefficient (Wildman–Crippen LogP) is 3.57. The molecule has 0 N–H and O–H groups in total. The first-order valence-electron chi connectivity index (χ1n) is 7.29. The Morgan fingerprint density at radius 3 is 2.40 bits per heavy atom. The van der Waals surface area contributed by atoms with Crippen LogP contribution in [-0.2, 0) is 16.0 Å². The lowest BCUT2D eigenvalue weighted by Gasteiger charge is -2.11. The highest BCUT2D eigenvalue weighted by Crippen LogP contribution is 2.33. The van der Waals surface area contributed by atoms with Crippen LogP contribution in [0.4, 0.5) is 4.39 Å². The second-order valence-electron chi connectivity index (χ2n) is 5.07. The summed E-state index contributed by atoms with van der Waals surface area (Å²) in [6, 6.07) is 8.55. The van der Waals surface area contributed by atoms with E-state index in [0.717, 1.165) is 6.07 Å². The van der Waals surface area contributed by atoms with Crippen LogP contribution >= 0.6 is 15.9 Å². The third-order valence-corrected chi connectivity index (χ3v) is 4.14. The van der Waals surface area contributed by atoms with E-state index >= 15 is 0 Å². The molecule has 0 heterocycles. The summed E-state index contributed by atoms with van der Waals surface area (Å²) in [6.45, 7) is -0.451. The minimum Gasteiger partial charge on any atom is -0.493 e. The average Bonchev–Trinajstić information content (AvgIpc) is 2.60. The largest absolute Gasteiger partial charge is 0.493 e. The van der Waals surface area contributed by atoms with Gasteiger partial charge in [-0.2, -0.15) is 0 Å². The van der Waals surface area contributed by atoms with Gasteiger partial charge in [0.15, 0.2) is 23.9 Å². The molecule has 0 fully saturated rings. The second kappa shape index (κ2) is 8.62. The van der Waals surface area contributed by atoms with Gasteiger partial charge in [0.05, 0.1) is 20.6 Å². The number of halogens is 2. The Labute approximate surface area is 152 Å². The molecule has 0 unspecified atom stereocenters. The summed E-state index contributed by atoms with van der Waals surface area (Å²) in [5.41, 5.74) is 0.779. The molecule has 0 aliphatic rings. The third kappa shape index (κ3) is 5.03. The first kappa shape index (κ1) is 18.9. The summed E-state index contributed by atoms with van der Waals surface area (Å²) in [4.78, 5) is 23.9. The highest BCUT2D eigenvalue weighted by Gasteiger charge is 2.15. The lowest BCUT2D eigenvalue weighted by Crippen LogP contribution is -2.16. The lowest BCUT2D eigenvalue weighted by molar-refractivity contribution is -0.141. The van der Waals surface area contributed by atoms with Crippen LogP contribution in [0.5, 0.6) is 11.5 Å². The van der Waals surface area contributed by atoms with Crippen molar-refractivity contribution in [2.45, 2.75) is 6.42 Å². The van der Waals surface area contributed by atoms with Gasteiger partial charge in [-0.05, 0) is 29.8 Å². The van der Waals surface area contributed by atoms with Gasteiger partial charge in [-0.15, -0.1) is 0 Å². The molecule has 0 aliphatic carbocycles. The van der Waals surface area contributed by atoms with Crippen LogP contribution in [0, 0.1) is 5.82 Å². The van der Waals surface area contributed by atoms with E-state index in [-0.39, 0.29) is 12.0 Å². The molecule has 5 nitrogen and oxygen atoms in total. The van der Waals surface area contributed by atoms with Gasteiger partial charge < -0.3 is 14.2 Å². The molecule has 0 aromatic heterocycles. The van der Waals surface area contributed by atoms with Gasteiger partial charge in [-0.25, -0.2) is 4.39 Å². The summed E-state index contributed by atoms with van der Waals surface area (Å²) in [5.74, 6) is -0.583. The Balaban J connectivity index is 1.99. The van der Waals surface area contributed by atoms with Gasteiger partial charge in [0.25, 0.3) is 0 Å². The molecular formula is C18H16BrFO5. The van der Waals surface area contributed by atoms with Crippen molar-refractivity contribution < 1.29 is 28.2 Å². The Hall–Kier alpha value is -2.41. The number of ketones is 1. The monoisotopic (exact) mass is 410 g/mol. The standard InChI is InChI=1S/C18H16BrFO5/c1-23-16-7-12(14(19)9-17(16)24-2)8-18(22)25-10-15(21)11-4-3-5-13(20)6-11/h3-7,9H,8,10H2,1-2H3. The summed E-state index contributed by atoms with van der Waals surface area (Å²) in [5, 5.41) is 0. The fourth-order valence-corrected chi connectivity index (χ4v) is 2.59. The molecule has 0 bridgehead atoms. The number of benzene rings is 2. The summed E-state index contributed by atoms with van der Waals surface area (Å²) >= 11 is 3.35. The van der Waals surface area contributed by atoms with Gasteiger partial charge in [0, 0.05) is 10.0 Å². The highest BCUT2D eigenvalue weighted by molar-refractivity contribution is 9.10. The van der Waals surface area contributed by atoms with E-state index in [0.29, 0.717) is 21.5 Å². The van der Waals surface area contributed by atoms with Gasteiger partial charge in [-0.1, -0.05) is 28.1 Å². The lowest BCUT2D eigenvalue weighted by atomic mass is 10.1. The van der Waals surface area contributed by atoms with Crippen LogP contribution in [0.2, 0.25) is 0 Å². The molecule has 2 aromatic rings. The van der Waals surface area contributed by atoms with Crippen molar-refractivity contribution in [2.75, 3.05) is 20.8 Å². The smallest absolute Gasteiger partial charge is 0.310 e. The Kier molecular flexibility index (Phi) is 6.52. The molecule has 2 rings (SSSR count). The number of carbonyl (C=O) groups is 2. The van der Waals surface area contributed by atoms with E-state index < -0.39 is 24.2 Å². The SMILES string of the molecule is COc1cc(Br)c(CC(=O)OCC(=O)c2cccc(F)c2)cc1OC. The zero-order valence-electron chi connectivity index (χ0n) is 13.7. The number of rotatable bonds is 7. The maximum Gasteiger partial charge on any atom is 0.310 e. The Morgan fingerprint density at radius 1 is 1.08 bits per heavy atom. The van der Waals surface area contributed by atoms with Crippen molar-refractivity contribution in [2.24, 2.45) is 0 Å². The molecule has 0 radical (unpaired) electrons. The minimum atomic E-state index is -0.585. The summed E-state index contributed by atoms with van der Waals surface area (Å²) < 4.78 is 29.1. The average molecular weight is 411 g/mol. The number of Topliss-reactive ketones (excluding diaryl/α,β-unsaturated/α-hetero) is 1. The van der Waals surface area contributed by atoms with Gasteiger partial charge in [0.2, 0.25) is 0 Å². The van der Waals surface area contributed by atoms with Crippen molar-refractivity contribution >= 4 is 27.7 Å². The van der Waals surface area contributed by atoms with E-state index in [1.165, 1.54) is 32.4 Å². The van der Waals surface area contributed by atoms with Crippen LogP contribution in [0.25, 0.3) is 0 Å². The van der Waals surface area contributed by atoms with Crippen LogP contribution in [-0.4, -0.2) is 32.6 Å². The van der Waals surface area contributed by atoms with E-state index in [1.54, 1.807) is 12.1 Å². The van der Waals surface area contributed by atoms with E-state index in [1.807, 2.05) is 0 Å². The molecule has 0 atom stereocenters. The van der Waals surface area contributed by atoms with E-state index in [2.05, 4.69) is 15.9 Å². The predicted molar refractivity (Wildman–Crippen MR) is 92.6 cm³/mol. The fraction of sp³-hybridized carbons (Fsp3) is 0.222. The fourth-order valence-electron chi connectivity index (χ4n) is 2.13. The quantitative estimate of drug-likeness (QED) is 0.515. The maximum absolute atomic E-state index is 13.1. The van der Waals surface area contributed by atoms with E-state index in [9.17, 15) is 14.0 Å². The van der Waals surface area contributed by atoms with Crippen molar-refractivity contribution in [1.29, 1.82) is 0 Å². The number of esters is 1. The third-order valence-electron chi connectivity index (χ3n) is 3.40. The van der Waals surface area contributed by atoms with Gasteiger partial charge in [-0.3, -0.25) is 9.59 Å². The number of hydrogen-bond acceptors (Lipinski definition) is 5. The molecule has 0 spiro atoms. The van der Waals surface area contributed by atoms with Crippen LogP contribution in [0.15, 0.2) is 40.9 Å². The van der Waals surface area contributed by atoms with Crippen LogP contribution < -0.4 is 9.47 Å². The first-order valence-corrected chi connectivity index (χ1v) is 8.08. The van der Waals surface area contributed by atoms with Crippen molar-refractivity contribution in [1.82, 2.24) is 0 Å². The Bertz CT molecular complexity index is 791. The molecule has 0 saturated heterocycles. The van der Waals surface area contributed by atoms with Gasteiger partial charge in [0.1, 0.15) is 5.82 Å². The van der Waals surface area contributed by atoms with Crippen molar-refractivity contribution in [3.8, 4) is 11.5 Å². The number of methoxy groups -OCH3 is 2. The number of ether oxygens (including phenoxy) is 3. The molecule has 25 heavy (non-hydrogen) atoms. The molecule has 2 aromatic carbocycles. The van der Waals surface area contributed by atoms with Crippen LogP contribution in [0.3, 0.4) is 0 Å². The van der Waals surface area contributed by atoms with Gasteiger partial charge >= 0.3 is 5.97 Å². The van der Waals surface area contributed by atoms with Crippen LogP contribution in [0.1, 0.15) is 15.9 Å². The first-order chi connectivity index (χ1) is 11.9. The second-order valence-corrected chi connectivity index (χ2v) is 5.92. The molecular weight excluding hydrogens is 395 g/mol. The maximum atomic E-state index is 13.1. The molecule has 0 aliphatic heterocycles. The molecule has 0 saturated carbocycles. The zero-order valence-corrected chi connectivity index (χ0v) is 15.3. The van der Waals surface area contributed by atoms with Crippen molar-refractivity contribution in [3.63, 3.8) is 0 Å². The zero-order chi connectivity index (χ0) is 18.4. The van der Waals surface area contributed by atoms with Crippen molar-refractivity contribution in [3.05, 3.63) is 57.8 Å². The van der Waals surface area contributed by atoms with E-state index in [4.69, 9.17) is 14.2 Å².